The van der Waals surface area contributed by atoms with Crippen LogP contribution >= 0.6 is 0 Å². The molecule has 0 unspecified atom stereocenters. The Balaban J connectivity index is 1.16. The molecule has 11 heteroatoms. The third-order valence-electron chi connectivity index (χ3n) is 7.68. The number of fused-ring (bicyclic) bond motifs is 1. The largest absolute Gasteiger partial charge is 0.484 e. The topological polar surface area (TPSA) is 114 Å². The monoisotopic (exact) mass is 559 g/mol. The summed E-state index contributed by atoms with van der Waals surface area (Å²) in [4.78, 5) is 23.2. The highest BCUT2D eigenvalue weighted by Crippen LogP contribution is 2.30. The Morgan fingerprint density at radius 2 is 1.98 bits per heavy atom. The molecular formula is C30H27F2N5O4. The first-order valence-electron chi connectivity index (χ1n) is 13.4. The predicted octanol–water partition coefficient (Wildman–Crippen LogP) is 4.64. The number of hydrogen-bond acceptors (Lipinski definition) is 7. The second kappa shape index (κ2) is 11.2. The van der Waals surface area contributed by atoms with Gasteiger partial charge in [-0.05, 0) is 67.9 Å². The molecule has 2 aromatic heterocycles. The van der Waals surface area contributed by atoms with Crippen LogP contribution in [0.5, 0.6) is 5.75 Å². The molecule has 2 aromatic carbocycles. The fraction of sp³-hybridized carbons (Fsp3) is 0.333. The van der Waals surface area contributed by atoms with E-state index < -0.39 is 17.6 Å². The van der Waals surface area contributed by atoms with E-state index in [4.69, 9.17) is 19.7 Å². The van der Waals surface area contributed by atoms with E-state index in [9.17, 15) is 18.7 Å². The normalized spacial score (nSPS) is 18.8. The van der Waals surface area contributed by atoms with Crippen molar-refractivity contribution in [1.82, 2.24) is 19.4 Å². The summed E-state index contributed by atoms with van der Waals surface area (Å²) in [5.74, 6) is -1.39. The quantitative estimate of drug-likeness (QED) is 0.316. The first kappa shape index (κ1) is 26.8. The van der Waals surface area contributed by atoms with Crippen molar-refractivity contribution in [2.24, 2.45) is 0 Å². The molecule has 2 fully saturated rings. The van der Waals surface area contributed by atoms with Gasteiger partial charge in [0.05, 0.1) is 47.4 Å². The van der Waals surface area contributed by atoms with Crippen LogP contribution in [0.4, 0.5) is 8.78 Å². The standard InChI is InChI=1S/C30H27F2N5O4/c31-22-3-5-24(34-26(22)17-41-28-6-1-18(13-33)11-23(28)32)20-7-9-36(14-20)16-29-35-25-4-2-19(30(38)39)12-27(25)37(29)15-21-8-10-40-21/h1-6,11-12,20-21H,7-10,14-17H2,(H,38,39)/t20-,21-/m0/s1. The average Bonchev–Trinajstić information content (AvgIpc) is 3.54. The molecule has 2 atom stereocenters. The number of ether oxygens (including phenoxy) is 2. The van der Waals surface area contributed by atoms with Crippen molar-refractivity contribution in [3.63, 3.8) is 0 Å². The van der Waals surface area contributed by atoms with Gasteiger partial charge in [-0.3, -0.25) is 9.88 Å². The number of hydrogen-bond donors (Lipinski definition) is 1. The van der Waals surface area contributed by atoms with Gasteiger partial charge in [-0.25, -0.2) is 18.6 Å². The van der Waals surface area contributed by atoms with Crippen LogP contribution in [0, 0.1) is 23.0 Å². The highest BCUT2D eigenvalue weighted by Gasteiger charge is 2.28. The molecule has 210 valence electrons. The number of halogens is 2. The summed E-state index contributed by atoms with van der Waals surface area (Å²) >= 11 is 0. The van der Waals surface area contributed by atoms with Crippen LogP contribution in [0.25, 0.3) is 11.0 Å². The molecule has 1 N–H and O–H groups in total. The van der Waals surface area contributed by atoms with Crippen molar-refractivity contribution in [2.75, 3.05) is 19.7 Å². The van der Waals surface area contributed by atoms with E-state index >= 15 is 0 Å². The molecule has 4 heterocycles. The number of pyridine rings is 1. The minimum Gasteiger partial charge on any atom is -0.484 e. The van der Waals surface area contributed by atoms with Gasteiger partial charge in [-0.15, -0.1) is 0 Å². The lowest BCUT2D eigenvalue weighted by Gasteiger charge is -2.28. The number of nitrogens with zero attached hydrogens (tertiary/aromatic N) is 5. The number of aromatic nitrogens is 3. The van der Waals surface area contributed by atoms with Crippen LogP contribution in [0.2, 0.25) is 0 Å². The van der Waals surface area contributed by atoms with Crippen LogP contribution in [-0.4, -0.2) is 56.3 Å². The maximum Gasteiger partial charge on any atom is 0.335 e. The molecule has 6 rings (SSSR count). The lowest BCUT2D eigenvalue weighted by molar-refractivity contribution is -0.0591. The first-order valence-corrected chi connectivity index (χ1v) is 13.4. The van der Waals surface area contributed by atoms with Gasteiger partial charge in [-0.1, -0.05) is 0 Å². The Morgan fingerprint density at radius 3 is 2.71 bits per heavy atom. The molecule has 9 nitrogen and oxygen atoms in total. The summed E-state index contributed by atoms with van der Waals surface area (Å²) in [7, 11) is 0. The summed E-state index contributed by atoms with van der Waals surface area (Å²) < 4.78 is 41.9. The highest BCUT2D eigenvalue weighted by atomic mass is 19.1. The van der Waals surface area contributed by atoms with Crippen molar-refractivity contribution in [1.29, 1.82) is 5.26 Å². The van der Waals surface area contributed by atoms with Crippen molar-refractivity contribution in [3.05, 3.63) is 88.5 Å². The lowest BCUT2D eigenvalue weighted by atomic mass is 10.0. The van der Waals surface area contributed by atoms with Gasteiger partial charge in [0.2, 0.25) is 0 Å². The summed E-state index contributed by atoms with van der Waals surface area (Å²) in [5.41, 5.74) is 2.71. The van der Waals surface area contributed by atoms with E-state index in [-0.39, 0.29) is 41.2 Å². The number of rotatable bonds is 9. The zero-order chi connectivity index (χ0) is 28.5. The van der Waals surface area contributed by atoms with Gasteiger partial charge in [0.15, 0.2) is 11.6 Å². The zero-order valence-electron chi connectivity index (χ0n) is 22.1. The van der Waals surface area contributed by atoms with Crippen LogP contribution in [0.15, 0.2) is 48.5 Å². The summed E-state index contributed by atoms with van der Waals surface area (Å²) in [6.07, 6.45) is 1.84. The van der Waals surface area contributed by atoms with Crippen molar-refractivity contribution >= 4 is 17.0 Å². The summed E-state index contributed by atoms with van der Waals surface area (Å²) in [5, 5.41) is 18.4. The highest BCUT2D eigenvalue weighted by molar-refractivity contribution is 5.92. The molecule has 0 radical (unpaired) electrons. The van der Waals surface area contributed by atoms with Crippen LogP contribution in [0.3, 0.4) is 0 Å². The number of carboxylic acids is 1. The van der Waals surface area contributed by atoms with E-state index in [0.717, 1.165) is 54.6 Å². The van der Waals surface area contributed by atoms with Gasteiger partial charge < -0.3 is 19.1 Å². The van der Waals surface area contributed by atoms with Crippen LogP contribution < -0.4 is 4.74 Å². The SMILES string of the molecule is N#Cc1ccc(OCc2nc([C@H]3CCN(Cc4nc5ccc(C(=O)O)cc5n4C[C@@H]4CCO4)C3)ccc2F)c(F)c1. The molecule has 2 saturated heterocycles. The smallest absolute Gasteiger partial charge is 0.335 e. The number of benzene rings is 2. The Bertz CT molecular complexity index is 1660. The van der Waals surface area contributed by atoms with Crippen LogP contribution in [-0.2, 0) is 24.4 Å². The molecule has 2 aliphatic heterocycles. The van der Waals surface area contributed by atoms with E-state index in [1.54, 1.807) is 24.3 Å². The number of likely N-dealkylation sites (tertiary alicyclic amines) is 1. The van der Waals surface area contributed by atoms with Crippen molar-refractivity contribution in [2.45, 2.75) is 44.6 Å². The van der Waals surface area contributed by atoms with E-state index in [0.29, 0.717) is 19.6 Å². The third kappa shape index (κ3) is 5.62. The maximum atomic E-state index is 14.6. The van der Waals surface area contributed by atoms with E-state index in [1.807, 2.05) is 6.07 Å². The molecule has 2 aliphatic rings. The number of aromatic carboxylic acids is 1. The number of carboxylic acid groups (broad SMARTS) is 1. The maximum absolute atomic E-state index is 14.6. The Hall–Kier alpha value is -4.40. The first-order chi connectivity index (χ1) is 19.9. The number of carbonyl (C=O) groups is 1. The van der Waals surface area contributed by atoms with E-state index in [2.05, 4.69) is 14.5 Å². The van der Waals surface area contributed by atoms with Crippen LogP contribution in [0.1, 0.15) is 51.9 Å². The Kier molecular flexibility index (Phi) is 7.34. The molecule has 0 spiro atoms. The van der Waals surface area contributed by atoms with Crippen molar-refractivity contribution in [3.8, 4) is 11.8 Å². The third-order valence-corrected chi connectivity index (χ3v) is 7.68. The van der Waals surface area contributed by atoms with Gasteiger partial charge >= 0.3 is 5.97 Å². The molecule has 41 heavy (non-hydrogen) atoms. The number of imidazole rings is 1. The second-order valence-corrected chi connectivity index (χ2v) is 10.4. The molecular weight excluding hydrogens is 532 g/mol. The fourth-order valence-electron chi connectivity index (χ4n) is 5.34. The second-order valence-electron chi connectivity index (χ2n) is 10.4. The summed E-state index contributed by atoms with van der Waals surface area (Å²) in [6, 6.07) is 13.7. The fourth-order valence-corrected chi connectivity index (χ4v) is 5.34. The van der Waals surface area contributed by atoms with Gasteiger partial charge in [0, 0.05) is 24.8 Å². The van der Waals surface area contributed by atoms with Gasteiger partial charge in [0.25, 0.3) is 0 Å². The Labute approximate surface area is 234 Å². The molecule has 4 aromatic rings. The molecule has 0 aliphatic carbocycles. The molecule has 0 saturated carbocycles. The predicted molar refractivity (Wildman–Crippen MR) is 143 cm³/mol. The minimum absolute atomic E-state index is 0.0624. The minimum atomic E-state index is -0.984. The number of nitriles is 1. The zero-order valence-corrected chi connectivity index (χ0v) is 22.1. The van der Waals surface area contributed by atoms with Crippen molar-refractivity contribution < 1.29 is 28.2 Å². The Morgan fingerprint density at radius 1 is 1.12 bits per heavy atom. The average molecular weight is 560 g/mol. The lowest BCUT2D eigenvalue weighted by Crippen LogP contribution is -2.32. The van der Waals surface area contributed by atoms with E-state index in [1.165, 1.54) is 18.2 Å². The molecule has 0 bridgehead atoms. The van der Waals surface area contributed by atoms with Gasteiger partial charge in [0.1, 0.15) is 23.9 Å². The van der Waals surface area contributed by atoms with Gasteiger partial charge in [-0.2, -0.15) is 5.26 Å². The summed E-state index contributed by atoms with van der Waals surface area (Å²) in [6.45, 7) is 3.12. The molecule has 0 amide bonds.